The molecule has 7 nitrogen and oxygen atoms in total. The largest absolute Gasteiger partial charge is 0.487 e. The van der Waals surface area contributed by atoms with Gasteiger partial charge in [-0.25, -0.2) is 9.97 Å². The number of aryl methyl sites for hydroxylation is 1. The van der Waals surface area contributed by atoms with Gasteiger partial charge < -0.3 is 18.3 Å². The van der Waals surface area contributed by atoms with Gasteiger partial charge in [0.25, 0.3) is 5.89 Å². The summed E-state index contributed by atoms with van der Waals surface area (Å²) in [6, 6.07) is 16.5. The molecule has 1 aromatic carbocycles. The van der Waals surface area contributed by atoms with Gasteiger partial charge in [0.15, 0.2) is 5.76 Å². The Morgan fingerprint density at radius 2 is 1.90 bits per heavy atom. The van der Waals surface area contributed by atoms with Crippen molar-refractivity contribution in [3.05, 3.63) is 83.6 Å². The van der Waals surface area contributed by atoms with Crippen LogP contribution >= 0.6 is 0 Å². The van der Waals surface area contributed by atoms with E-state index in [2.05, 4.69) is 16.0 Å². The van der Waals surface area contributed by atoms with Crippen molar-refractivity contribution >= 4 is 0 Å². The minimum Gasteiger partial charge on any atom is -0.487 e. The zero-order valence-corrected chi connectivity index (χ0v) is 15.7. The SMILES string of the molecule is Cc1oc(-c2ccco2)nc1COc1ccc(COc2ncccc2C#N)cc1. The molecule has 0 fully saturated rings. The summed E-state index contributed by atoms with van der Waals surface area (Å²) in [5.74, 6) is 2.72. The van der Waals surface area contributed by atoms with Crippen molar-refractivity contribution in [3.63, 3.8) is 0 Å². The summed E-state index contributed by atoms with van der Waals surface area (Å²) >= 11 is 0. The van der Waals surface area contributed by atoms with Crippen LogP contribution in [0.5, 0.6) is 11.6 Å². The first-order valence-electron chi connectivity index (χ1n) is 8.93. The maximum Gasteiger partial charge on any atom is 0.263 e. The maximum absolute atomic E-state index is 9.08. The summed E-state index contributed by atoms with van der Waals surface area (Å²) in [4.78, 5) is 8.51. The fourth-order valence-corrected chi connectivity index (χ4v) is 2.64. The molecule has 7 heteroatoms. The normalized spacial score (nSPS) is 10.5. The fourth-order valence-electron chi connectivity index (χ4n) is 2.64. The van der Waals surface area contributed by atoms with E-state index < -0.39 is 0 Å². The van der Waals surface area contributed by atoms with Gasteiger partial charge in [0.2, 0.25) is 5.88 Å². The van der Waals surface area contributed by atoms with Crippen molar-refractivity contribution in [3.8, 4) is 29.3 Å². The van der Waals surface area contributed by atoms with Gasteiger partial charge in [-0.2, -0.15) is 5.26 Å². The van der Waals surface area contributed by atoms with Crippen LogP contribution in [-0.4, -0.2) is 9.97 Å². The first kappa shape index (κ1) is 18.3. The second kappa shape index (κ2) is 8.31. The third-order valence-electron chi connectivity index (χ3n) is 4.19. The number of ether oxygens (including phenoxy) is 2. The molecule has 0 bridgehead atoms. The predicted octanol–water partition coefficient (Wildman–Crippen LogP) is 4.67. The Bertz CT molecular complexity index is 1130. The smallest absolute Gasteiger partial charge is 0.263 e. The summed E-state index contributed by atoms with van der Waals surface area (Å²) in [6.07, 6.45) is 3.17. The Morgan fingerprint density at radius 1 is 1.03 bits per heavy atom. The second-order valence-electron chi connectivity index (χ2n) is 6.19. The van der Waals surface area contributed by atoms with E-state index in [9.17, 15) is 0 Å². The van der Waals surface area contributed by atoms with Crippen molar-refractivity contribution < 1.29 is 18.3 Å². The molecule has 0 aliphatic carbocycles. The number of hydrogen-bond donors (Lipinski definition) is 0. The number of pyridine rings is 1. The molecule has 29 heavy (non-hydrogen) atoms. The summed E-state index contributed by atoms with van der Waals surface area (Å²) in [5.41, 5.74) is 2.05. The van der Waals surface area contributed by atoms with E-state index in [1.54, 1.807) is 36.7 Å². The standard InChI is InChI=1S/C22H17N3O4/c1-15-19(25-22(29-15)20-5-3-11-26-20)14-27-18-8-6-16(7-9-18)13-28-21-17(12-23)4-2-10-24-21/h2-11H,13-14H2,1H3. The molecular weight excluding hydrogens is 370 g/mol. The Labute approximate surface area is 167 Å². The monoisotopic (exact) mass is 387 g/mol. The Hall–Kier alpha value is -4.05. The lowest BCUT2D eigenvalue weighted by Crippen LogP contribution is -2.00. The highest BCUT2D eigenvalue weighted by Gasteiger charge is 2.14. The summed E-state index contributed by atoms with van der Waals surface area (Å²) in [7, 11) is 0. The minimum absolute atomic E-state index is 0.283. The van der Waals surface area contributed by atoms with Gasteiger partial charge in [-0.05, 0) is 48.9 Å². The van der Waals surface area contributed by atoms with Crippen LogP contribution < -0.4 is 9.47 Å². The molecule has 3 heterocycles. The lowest BCUT2D eigenvalue weighted by molar-refractivity contribution is 0.290. The molecule has 4 aromatic rings. The van der Waals surface area contributed by atoms with Crippen LogP contribution in [0.25, 0.3) is 11.7 Å². The first-order valence-corrected chi connectivity index (χ1v) is 8.93. The van der Waals surface area contributed by atoms with Gasteiger partial charge in [-0.1, -0.05) is 12.1 Å². The van der Waals surface area contributed by atoms with Crippen LogP contribution in [0.3, 0.4) is 0 Å². The molecule has 0 saturated heterocycles. The summed E-state index contributed by atoms with van der Waals surface area (Å²) in [6.45, 7) is 2.43. The average Bonchev–Trinajstić information content (AvgIpc) is 3.41. The quantitative estimate of drug-likeness (QED) is 0.455. The zero-order valence-electron chi connectivity index (χ0n) is 15.7. The molecule has 0 spiro atoms. The van der Waals surface area contributed by atoms with Crippen molar-refractivity contribution in [1.29, 1.82) is 5.26 Å². The van der Waals surface area contributed by atoms with E-state index in [4.69, 9.17) is 23.6 Å². The molecular formula is C22H17N3O4. The minimum atomic E-state index is 0.283. The third kappa shape index (κ3) is 4.28. The van der Waals surface area contributed by atoms with Crippen LogP contribution in [0.1, 0.15) is 22.6 Å². The van der Waals surface area contributed by atoms with Crippen LogP contribution in [0.4, 0.5) is 0 Å². The van der Waals surface area contributed by atoms with Crippen LogP contribution in [0, 0.1) is 18.3 Å². The zero-order chi connectivity index (χ0) is 20.1. The Balaban J connectivity index is 1.35. The molecule has 0 amide bonds. The van der Waals surface area contributed by atoms with E-state index in [0.717, 1.165) is 5.56 Å². The van der Waals surface area contributed by atoms with Gasteiger partial charge in [-0.15, -0.1) is 0 Å². The number of hydrogen-bond acceptors (Lipinski definition) is 7. The van der Waals surface area contributed by atoms with Gasteiger partial charge in [-0.3, -0.25) is 0 Å². The molecule has 0 saturated carbocycles. The first-order chi connectivity index (χ1) is 14.2. The van der Waals surface area contributed by atoms with Crippen molar-refractivity contribution in [1.82, 2.24) is 9.97 Å². The van der Waals surface area contributed by atoms with Crippen molar-refractivity contribution in [2.75, 3.05) is 0 Å². The number of benzene rings is 1. The highest BCUT2D eigenvalue weighted by molar-refractivity contribution is 5.44. The third-order valence-corrected chi connectivity index (χ3v) is 4.19. The van der Waals surface area contributed by atoms with E-state index in [1.165, 1.54) is 0 Å². The number of furan rings is 1. The fraction of sp³-hybridized carbons (Fsp3) is 0.136. The van der Waals surface area contributed by atoms with Gasteiger partial charge in [0.05, 0.1) is 6.26 Å². The lowest BCUT2D eigenvalue weighted by atomic mass is 10.2. The Kier molecular flexibility index (Phi) is 5.25. The molecule has 0 aliphatic heterocycles. The van der Waals surface area contributed by atoms with Gasteiger partial charge >= 0.3 is 0 Å². The molecule has 0 N–H and O–H groups in total. The Morgan fingerprint density at radius 3 is 2.66 bits per heavy atom. The molecule has 0 atom stereocenters. The van der Waals surface area contributed by atoms with Crippen LogP contribution in [0.15, 0.2) is 69.8 Å². The lowest BCUT2D eigenvalue weighted by Gasteiger charge is -2.08. The van der Waals surface area contributed by atoms with E-state index >= 15 is 0 Å². The highest BCUT2D eigenvalue weighted by Crippen LogP contribution is 2.23. The number of nitriles is 1. The van der Waals surface area contributed by atoms with Crippen molar-refractivity contribution in [2.24, 2.45) is 0 Å². The number of aromatic nitrogens is 2. The highest BCUT2D eigenvalue weighted by atomic mass is 16.5. The molecule has 3 aromatic heterocycles. The van der Waals surface area contributed by atoms with Crippen LogP contribution in [-0.2, 0) is 13.2 Å². The maximum atomic E-state index is 9.08. The predicted molar refractivity (Wildman–Crippen MR) is 103 cm³/mol. The van der Waals surface area contributed by atoms with Crippen LogP contribution in [0.2, 0.25) is 0 Å². The van der Waals surface area contributed by atoms with Crippen molar-refractivity contribution in [2.45, 2.75) is 20.1 Å². The number of rotatable bonds is 7. The average molecular weight is 387 g/mol. The van der Waals surface area contributed by atoms with E-state index in [-0.39, 0.29) is 6.61 Å². The second-order valence-corrected chi connectivity index (χ2v) is 6.19. The number of oxazole rings is 1. The van der Waals surface area contributed by atoms with E-state index in [1.807, 2.05) is 31.2 Å². The summed E-state index contributed by atoms with van der Waals surface area (Å²) < 4.78 is 22.4. The number of nitrogens with zero attached hydrogens (tertiary/aromatic N) is 3. The van der Waals surface area contributed by atoms with E-state index in [0.29, 0.717) is 46.9 Å². The topological polar surface area (TPSA) is 94.3 Å². The van der Waals surface area contributed by atoms with Gasteiger partial charge in [0, 0.05) is 6.20 Å². The molecule has 0 aliphatic rings. The molecule has 144 valence electrons. The molecule has 0 radical (unpaired) electrons. The molecule has 4 rings (SSSR count). The summed E-state index contributed by atoms with van der Waals surface area (Å²) in [5, 5.41) is 9.08. The van der Waals surface area contributed by atoms with Gasteiger partial charge in [0.1, 0.15) is 42.1 Å². The molecule has 0 unspecified atom stereocenters.